The van der Waals surface area contributed by atoms with E-state index in [2.05, 4.69) is 31.8 Å². The summed E-state index contributed by atoms with van der Waals surface area (Å²) in [5.74, 6) is 0. The zero-order valence-electron chi connectivity index (χ0n) is 18.7. The van der Waals surface area contributed by atoms with Crippen LogP contribution in [0.25, 0.3) is 0 Å². The van der Waals surface area contributed by atoms with Crippen LogP contribution in [0.5, 0.6) is 0 Å². The van der Waals surface area contributed by atoms with E-state index in [1.165, 1.54) is 89.9 Å². The van der Waals surface area contributed by atoms with Crippen LogP contribution in [0.2, 0.25) is 0 Å². The van der Waals surface area contributed by atoms with E-state index in [0.29, 0.717) is 0 Å². The average Bonchev–Trinajstić information content (AvgIpc) is 2.63. The second-order valence-corrected chi connectivity index (χ2v) is 8.27. The van der Waals surface area contributed by atoms with E-state index in [9.17, 15) is 5.11 Å². The number of nitrogens with two attached hydrogens (primary N) is 1. The van der Waals surface area contributed by atoms with Crippen molar-refractivity contribution in [3.63, 3.8) is 0 Å². The molecule has 0 aliphatic rings. The van der Waals surface area contributed by atoms with Gasteiger partial charge in [0.15, 0.2) is 0 Å². The third-order valence-corrected chi connectivity index (χ3v) is 5.08. The molecule has 0 aliphatic carbocycles. The second-order valence-electron chi connectivity index (χ2n) is 7.52. The first-order valence-electron chi connectivity index (χ1n) is 11.4. The van der Waals surface area contributed by atoms with E-state index < -0.39 is 5.17 Å². The van der Waals surface area contributed by atoms with Crippen molar-refractivity contribution in [2.75, 3.05) is 13.1 Å². The van der Waals surface area contributed by atoms with Gasteiger partial charge in [-0.2, -0.15) is 0 Å². The van der Waals surface area contributed by atoms with Crippen molar-refractivity contribution in [2.24, 2.45) is 5.73 Å². The van der Waals surface area contributed by atoms with Gasteiger partial charge in [0.2, 0.25) is 0 Å². The molecule has 0 aromatic rings. The summed E-state index contributed by atoms with van der Waals surface area (Å²) in [7, 11) is 0. The van der Waals surface area contributed by atoms with E-state index in [1.807, 2.05) is 4.90 Å². The molecular weight excluding hydrogens is 452 g/mol. The van der Waals surface area contributed by atoms with Gasteiger partial charge >= 0.3 is 17.1 Å². The normalized spacial score (nSPS) is 9.86. The monoisotopic (exact) mass is 495 g/mol. The SMILES string of the molecule is CCCCCCCCCCN(CCCCCCCCCC)C([O-])=S.NC([O-])=S.[Cu+2]. The maximum Gasteiger partial charge on any atom is 2.00 e. The van der Waals surface area contributed by atoms with Gasteiger partial charge in [-0.1, -0.05) is 128 Å². The van der Waals surface area contributed by atoms with Crippen LogP contribution in [0, 0.1) is 0 Å². The predicted octanol–water partition coefficient (Wildman–Crippen LogP) is 4.80. The topological polar surface area (TPSA) is 75.4 Å². The minimum Gasteiger partial charge on any atom is -0.852 e. The number of rotatable bonds is 18. The fourth-order valence-electron chi connectivity index (χ4n) is 3.17. The molecule has 1 radical (unpaired) electrons. The fraction of sp³-hybridized carbons (Fsp3) is 0.909. The Balaban J connectivity index is -0.00000123. The Bertz CT molecular complexity index is 338. The van der Waals surface area contributed by atoms with E-state index in [1.54, 1.807) is 0 Å². The zero-order chi connectivity index (χ0) is 21.5. The molecule has 177 valence electrons. The molecule has 0 fully saturated rings. The van der Waals surface area contributed by atoms with E-state index >= 15 is 0 Å². The van der Waals surface area contributed by atoms with Gasteiger partial charge in [-0.25, -0.2) is 0 Å². The Morgan fingerprint density at radius 2 is 0.862 bits per heavy atom. The zero-order valence-corrected chi connectivity index (χ0v) is 21.3. The minimum atomic E-state index is -0.750. The van der Waals surface area contributed by atoms with E-state index in [4.69, 9.17) is 17.3 Å². The Morgan fingerprint density at radius 3 is 1.10 bits per heavy atom. The van der Waals surface area contributed by atoms with Crippen molar-refractivity contribution >= 4 is 34.8 Å². The van der Waals surface area contributed by atoms with Crippen molar-refractivity contribution in [3.8, 4) is 0 Å². The molecule has 0 aromatic heterocycles. The quantitative estimate of drug-likeness (QED) is 0.167. The molecule has 0 aliphatic heterocycles. The van der Waals surface area contributed by atoms with Gasteiger partial charge in [-0.3, -0.25) is 0 Å². The van der Waals surface area contributed by atoms with Crippen LogP contribution in [0.3, 0.4) is 0 Å². The number of hydrogen-bond acceptors (Lipinski definition) is 4. The van der Waals surface area contributed by atoms with Crippen molar-refractivity contribution in [1.29, 1.82) is 0 Å². The summed E-state index contributed by atoms with van der Waals surface area (Å²) >= 11 is 8.64. The Morgan fingerprint density at radius 1 is 0.621 bits per heavy atom. The number of thiocarbonyl (C=S) groups is 2. The first-order chi connectivity index (χ1) is 13.5. The third kappa shape index (κ3) is 32.8. The van der Waals surface area contributed by atoms with Gasteiger partial charge in [0.25, 0.3) is 0 Å². The van der Waals surface area contributed by atoms with Gasteiger partial charge < -0.3 is 20.8 Å². The van der Waals surface area contributed by atoms with Crippen LogP contribution < -0.4 is 15.9 Å². The smallest absolute Gasteiger partial charge is 0.852 e. The second kappa shape index (κ2) is 27.9. The first kappa shape index (κ1) is 33.5. The van der Waals surface area contributed by atoms with Crippen LogP contribution in [0.15, 0.2) is 0 Å². The van der Waals surface area contributed by atoms with Crippen LogP contribution in [0.1, 0.15) is 117 Å². The largest absolute Gasteiger partial charge is 2.00 e. The Hall–Kier alpha value is -0.101. The molecule has 29 heavy (non-hydrogen) atoms. The summed E-state index contributed by atoms with van der Waals surface area (Å²) in [5, 5.41) is 19.7. The maximum atomic E-state index is 11.6. The fourth-order valence-corrected chi connectivity index (χ4v) is 3.35. The van der Waals surface area contributed by atoms with Gasteiger partial charge in [-0.05, 0) is 12.8 Å². The standard InChI is InChI=1S/C21H43NOS.CH3NOS.Cu/c1-3-5-7-9-11-13-15-17-19-22(21(23)24)20-18-16-14-12-10-8-6-4-2;2-1(3)4;/h3-20H2,1-2H3,(H,23,24);(H3,2,3,4);/q;;+2/p-2. The van der Waals surface area contributed by atoms with E-state index in [0.717, 1.165) is 25.9 Å². The molecule has 0 aromatic carbocycles. The van der Waals surface area contributed by atoms with Crippen molar-refractivity contribution in [2.45, 2.75) is 117 Å². The molecule has 0 atom stereocenters. The summed E-state index contributed by atoms with van der Waals surface area (Å²) < 4.78 is 0. The molecule has 0 saturated heterocycles. The van der Waals surface area contributed by atoms with Crippen LogP contribution in [-0.4, -0.2) is 28.3 Å². The van der Waals surface area contributed by atoms with Crippen molar-refractivity contribution in [1.82, 2.24) is 4.90 Å². The molecule has 0 spiro atoms. The molecule has 4 nitrogen and oxygen atoms in total. The average molecular weight is 496 g/mol. The number of nitrogens with zero attached hydrogens (tertiary/aromatic N) is 1. The van der Waals surface area contributed by atoms with Gasteiger partial charge in [-0.15, -0.1) is 0 Å². The maximum absolute atomic E-state index is 11.6. The Labute approximate surface area is 201 Å². The number of unbranched alkanes of at least 4 members (excludes halogenated alkanes) is 14. The molecule has 0 saturated carbocycles. The molecule has 0 unspecified atom stereocenters. The minimum absolute atomic E-state index is 0. The number of hydrogen-bond donors (Lipinski definition) is 1. The summed E-state index contributed by atoms with van der Waals surface area (Å²) in [5.41, 5.74) is 4.29. The summed E-state index contributed by atoms with van der Waals surface area (Å²) in [6, 6.07) is 0. The van der Waals surface area contributed by atoms with Crippen LogP contribution >= 0.6 is 24.4 Å². The third-order valence-electron chi connectivity index (χ3n) is 4.82. The van der Waals surface area contributed by atoms with Crippen molar-refractivity contribution < 1.29 is 27.3 Å². The molecule has 7 heteroatoms. The summed E-state index contributed by atoms with van der Waals surface area (Å²) in [6.07, 6.45) is 20.9. The van der Waals surface area contributed by atoms with Crippen molar-refractivity contribution in [3.05, 3.63) is 0 Å². The predicted molar refractivity (Wildman–Crippen MR) is 126 cm³/mol. The molecular formula is C22H44CuN2O2S2. The summed E-state index contributed by atoms with van der Waals surface area (Å²) in [6.45, 7) is 6.25. The molecule has 0 rings (SSSR count). The van der Waals surface area contributed by atoms with Crippen LogP contribution in [-0.2, 0) is 17.1 Å². The molecule has 0 bridgehead atoms. The molecule has 0 amide bonds. The van der Waals surface area contributed by atoms with Gasteiger partial charge in [0.1, 0.15) is 0 Å². The summed E-state index contributed by atoms with van der Waals surface area (Å²) in [4.78, 5) is 1.89. The van der Waals surface area contributed by atoms with E-state index in [-0.39, 0.29) is 22.2 Å². The van der Waals surface area contributed by atoms with Crippen LogP contribution in [0.4, 0.5) is 0 Å². The van der Waals surface area contributed by atoms with Gasteiger partial charge in [0, 0.05) is 23.4 Å². The van der Waals surface area contributed by atoms with Gasteiger partial charge in [0.05, 0.1) is 0 Å². The molecule has 2 N–H and O–H groups in total. The first-order valence-corrected chi connectivity index (χ1v) is 12.2. The molecule has 0 heterocycles. The Kier molecular flexibility index (Phi) is 32.3.